The number of nitrogens with two attached hydrogens (primary N) is 1. The first-order valence-electron chi connectivity index (χ1n) is 5.46. The van der Waals surface area contributed by atoms with Gasteiger partial charge in [0.1, 0.15) is 0 Å². The highest BCUT2D eigenvalue weighted by molar-refractivity contribution is 9.10. The molecular formula is C12H19BrN2. The minimum absolute atomic E-state index is 0.725. The molecule has 0 radical (unpaired) electrons. The van der Waals surface area contributed by atoms with E-state index in [0.717, 1.165) is 28.3 Å². The topological polar surface area (TPSA) is 38.0 Å². The zero-order valence-electron chi connectivity index (χ0n) is 9.39. The SMILES string of the molecule is CCC(CC)CNc1cc(Br)ccc1N. The summed E-state index contributed by atoms with van der Waals surface area (Å²) in [5, 5.41) is 3.40. The molecule has 0 aromatic heterocycles. The largest absolute Gasteiger partial charge is 0.397 e. The third-order valence-electron chi connectivity index (χ3n) is 2.75. The summed E-state index contributed by atoms with van der Waals surface area (Å²) in [6.45, 7) is 5.44. The maximum atomic E-state index is 5.88. The molecule has 0 fully saturated rings. The van der Waals surface area contributed by atoms with E-state index in [2.05, 4.69) is 35.1 Å². The molecule has 0 aliphatic carbocycles. The van der Waals surface area contributed by atoms with Gasteiger partial charge in [-0.1, -0.05) is 42.6 Å². The Morgan fingerprint density at radius 1 is 1.33 bits per heavy atom. The van der Waals surface area contributed by atoms with Crippen molar-refractivity contribution >= 4 is 27.3 Å². The Morgan fingerprint density at radius 2 is 2.00 bits per heavy atom. The zero-order valence-corrected chi connectivity index (χ0v) is 11.0. The lowest BCUT2D eigenvalue weighted by molar-refractivity contribution is 0.519. The Morgan fingerprint density at radius 3 is 2.60 bits per heavy atom. The van der Waals surface area contributed by atoms with Crippen molar-refractivity contribution in [1.29, 1.82) is 0 Å². The number of anilines is 2. The van der Waals surface area contributed by atoms with Crippen molar-refractivity contribution in [3.05, 3.63) is 22.7 Å². The molecule has 15 heavy (non-hydrogen) atoms. The number of benzene rings is 1. The summed E-state index contributed by atoms with van der Waals surface area (Å²) in [6, 6.07) is 5.90. The summed E-state index contributed by atoms with van der Waals surface area (Å²) in [4.78, 5) is 0. The first-order chi connectivity index (χ1) is 7.17. The molecule has 3 N–H and O–H groups in total. The third-order valence-corrected chi connectivity index (χ3v) is 3.24. The molecule has 0 aliphatic rings. The van der Waals surface area contributed by atoms with E-state index < -0.39 is 0 Å². The van der Waals surface area contributed by atoms with Gasteiger partial charge in [-0.2, -0.15) is 0 Å². The molecule has 3 heteroatoms. The van der Waals surface area contributed by atoms with Crippen LogP contribution < -0.4 is 11.1 Å². The molecule has 0 saturated heterocycles. The van der Waals surface area contributed by atoms with Gasteiger partial charge in [0.25, 0.3) is 0 Å². The Labute approximate surface area is 100 Å². The van der Waals surface area contributed by atoms with Crippen LogP contribution in [0.25, 0.3) is 0 Å². The molecule has 0 saturated carbocycles. The van der Waals surface area contributed by atoms with Gasteiger partial charge in [-0.3, -0.25) is 0 Å². The molecular weight excluding hydrogens is 252 g/mol. The van der Waals surface area contributed by atoms with Crippen LogP contribution in [0.15, 0.2) is 22.7 Å². The number of nitrogens with one attached hydrogen (secondary N) is 1. The van der Waals surface area contributed by atoms with Crippen molar-refractivity contribution in [1.82, 2.24) is 0 Å². The summed E-state index contributed by atoms with van der Waals surface area (Å²) in [6.07, 6.45) is 2.41. The Hall–Kier alpha value is -0.700. The fraction of sp³-hybridized carbons (Fsp3) is 0.500. The maximum absolute atomic E-state index is 5.88. The predicted octanol–water partition coefficient (Wildman–Crippen LogP) is 3.88. The summed E-state index contributed by atoms with van der Waals surface area (Å²) < 4.78 is 1.06. The molecule has 0 unspecified atom stereocenters. The van der Waals surface area contributed by atoms with E-state index in [1.807, 2.05) is 18.2 Å². The van der Waals surface area contributed by atoms with Crippen molar-refractivity contribution in [2.75, 3.05) is 17.6 Å². The van der Waals surface area contributed by atoms with Crippen molar-refractivity contribution in [2.45, 2.75) is 26.7 Å². The second kappa shape index (κ2) is 6.01. The molecule has 1 aromatic carbocycles. The van der Waals surface area contributed by atoms with Crippen molar-refractivity contribution in [2.24, 2.45) is 5.92 Å². The van der Waals surface area contributed by atoms with Crippen LogP contribution in [0, 0.1) is 5.92 Å². The first kappa shape index (κ1) is 12.4. The van der Waals surface area contributed by atoms with Crippen LogP contribution in [-0.4, -0.2) is 6.54 Å². The quantitative estimate of drug-likeness (QED) is 0.797. The normalized spacial score (nSPS) is 10.7. The van der Waals surface area contributed by atoms with Gasteiger partial charge in [0.2, 0.25) is 0 Å². The molecule has 0 amide bonds. The summed E-state index contributed by atoms with van der Waals surface area (Å²) in [5.41, 5.74) is 7.71. The van der Waals surface area contributed by atoms with Gasteiger partial charge in [0.15, 0.2) is 0 Å². The maximum Gasteiger partial charge on any atom is 0.0585 e. The Bertz CT molecular complexity index is 308. The molecule has 84 valence electrons. The average Bonchev–Trinajstić information content (AvgIpc) is 2.24. The number of hydrogen-bond acceptors (Lipinski definition) is 2. The second-order valence-corrected chi connectivity index (χ2v) is 4.71. The summed E-state index contributed by atoms with van der Waals surface area (Å²) in [7, 11) is 0. The van der Waals surface area contributed by atoms with Crippen LogP contribution in [0.4, 0.5) is 11.4 Å². The van der Waals surface area contributed by atoms with E-state index in [1.165, 1.54) is 12.8 Å². The molecule has 0 aliphatic heterocycles. The number of nitrogen functional groups attached to an aromatic ring is 1. The zero-order chi connectivity index (χ0) is 11.3. The van der Waals surface area contributed by atoms with Crippen molar-refractivity contribution in [3.8, 4) is 0 Å². The van der Waals surface area contributed by atoms with Gasteiger partial charge >= 0.3 is 0 Å². The lowest BCUT2D eigenvalue weighted by Crippen LogP contribution is -2.13. The lowest BCUT2D eigenvalue weighted by atomic mass is 10.0. The highest BCUT2D eigenvalue weighted by atomic mass is 79.9. The van der Waals surface area contributed by atoms with Crippen molar-refractivity contribution < 1.29 is 0 Å². The minimum Gasteiger partial charge on any atom is -0.397 e. The third kappa shape index (κ3) is 3.74. The van der Waals surface area contributed by atoms with Crippen LogP contribution >= 0.6 is 15.9 Å². The highest BCUT2D eigenvalue weighted by Crippen LogP contribution is 2.23. The molecule has 0 atom stereocenters. The number of rotatable bonds is 5. The van der Waals surface area contributed by atoms with Gasteiger partial charge in [-0.15, -0.1) is 0 Å². The fourth-order valence-electron chi connectivity index (χ4n) is 1.51. The average molecular weight is 271 g/mol. The Kier molecular flexibility index (Phi) is 4.95. The molecule has 0 bridgehead atoms. The molecule has 1 aromatic rings. The van der Waals surface area contributed by atoms with Crippen LogP contribution in [-0.2, 0) is 0 Å². The van der Waals surface area contributed by atoms with Gasteiger partial charge < -0.3 is 11.1 Å². The number of hydrogen-bond donors (Lipinski definition) is 2. The van der Waals surface area contributed by atoms with Gasteiger partial charge in [0, 0.05) is 11.0 Å². The van der Waals surface area contributed by atoms with E-state index >= 15 is 0 Å². The first-order valence-corrected chi connectivity index (χ1v) is 6.25. The molecule has 1 rings (SSSR count). The smallest absolute Gasteiger partial charge is 0.0585 e. The van der Waals surface area contributed by atoms with E-state index in [9.17, 15) is 0 Å². The minimum atomic E-state index is 0.725. The predicted molar refractivity (Wildman–Crippen MR) is 71.1 cm³/mol. The monoisotopic (exact) mass is 270 g/mol. The molecule has 0 heterocycles. The van der Waals surface area contributed by atoms with E-state index in [-0.39, 0.29) is 0 Å². The lowest BCUT2D eigenvalue weighted by Gasteiger charge is -2.15. The van der Waals surface area contributed by atoms with Crippen LogP contribution in [0.2, 0.25) is 0 Å². The van der Waals surface area contributed by atoms with Gasteiger partial charge in [-0.25, -0.2) is 0 Å². The Balaban J connectivity index is 2.60. The van der Waals surface area contributed by atoms with Crippen LogP contribution in [0.5, 0.6) is 0 Å². The van der Waals surface area contributed by atoms with E-state index in [0.29, 0.717) is 0 Å². The van der Waals surface area contributed by atoms with Crippen molar-refractivity contribution in [3.63, 3.8) is 0 Å². The standard InChI is InChI=1S/C12H19BrN2/c1-3-9(4-2)8-15-12-7-10(13)5-6-11(12)14/h5-7,9,15H,3-4,8,14H2,1-2H3. The molecule has 2 nitrogen and oxygen atoms in total. The summed E-state index contributed by atoms with van der Waals surface area (Å²) in [5.74, 6) is 0.725. The molecule has 0 spiro atoms. The number of halogens is 1. The van der Waals surface area contributed by atoms with E-state index in [1.54, 1.807) is 0 Å². The fourth-order valence-corrected chi connectivity index (χ4v) is 1.87. The van der Waals surface area contributed by atoms with E-state index in [4.69, 9.17) is 5.73 Å². The second-order valence-electron chi connectivity index (χ2n) is 3.79. The highest BCUT2D eigenvalue weighted by Gasteiger charge is 2.04. The van der Waals surface area contributed by atoms with Gasteiger partial charge in [0.05, 0.1) is 11.4 Å². The van der Waals surface area contributed by atoms with Crippen LogP contribution in [0.1, 0.15) is 26.7 Å². The summed E-state index contributed by atoms with van der Waals surface area (Å²) >= 11 is 3.44. The van der Waals surface area contributed by atoms with Gasteiger partial charge in [-0.05, 0) is 24.1 Å². The van der Waals surface area contributed by atoms with Crippen LogP contribution in [0.3, 0.4) is 0 Å².